The van der Waals surface area contributed by atoms with Gasteiger partial charge in [0.15, 0.2) is 0 Å². The molecule has 1 fully saturated rings. The molecule has 2 aliphatic heterocycles. The molecule has 0 radical (unpaired) electrons. The number of hydrogen-bond acceptors (Lipinski definition) is 3. The number of nitrogens with zero attached hydrogens (tertiary/aromatic N) is 1. The molecule has 0 saturated carbocycles. The lowest BCUT2D eigenvalue weighted by molar-refractivity contribution is 0.280. The standard InChI is InChI=1S/C22H24N2O/c1-21(2)16-25-20(24-21)15-19-22(13-14-23-19,17-9-5-3-6-10-17)18-11-7-4-8-12-18/h3-12,15,23H,13-14,16H2,1-2H3/b19-15-. The summed E-state index contributed by atoms with van der Waals surface area (Å²) in [5, 5.41) is 3.60. The van der Waals surface area contributed by atoms with Crippen molar-refractivity contribution >= 4 is 5.90 Å². The Morgan fingerprint density at radius 2 is 1.56 bits per heavy atom. The molecule has 3 nitrogen and oxygen atoms in total. The van der Waals surface area contributed by atoms with Crippen LogP contribution in [0.25, 0.3) is 0 Å². The first-order chi connectivity index (χ1) is 12.1. The molecule has 3 heteroatoms. The van der Waals surface area contributed by atoms with E-state index in [1.54, 1.807) is 0 Å². The molecule has 2 aromatic carbocycles. The number of hydrogen-bond donors (Lipinski definition) is 1. The van der Waals surface area contributed by atoms with Crippen LogP contribution in [0.1, 0.15) is 31.4 Å². The van der Waals surface area contributed by atoms with Gasteiger partial charge in [0, 0.05) is 18.3 Å². The molecular weight excluding hydrogens is 308 g/mol. The summed E-state index contributed by atoms with van der Waals surface area (Å²) in [6.07, 6.45) is 3.12. The molecule has 25 heavy (non-hydrogen) atoms. The average Bonchev–Trinajstić information content (AvgIpc) is 3.20. The van der Waals surface area contributed by atoms with Crippen molar-refractivity contribution in [1.82, 2.24) is 5.32 Å². The molecule has 2 aliphatic rings. The molecule has 2 aromatic rings. The highest BCUT2D eigenvalue weighted by Gasteiger charge is 2.42. The van der Waals surface area contributed by atoms with Crippen molar-refractivity contribution < 1.29 is 4.74 Å². The van der Waals surface area contributed by atoms with Gasteiger partial charge in [-0.1, -0.05) is 60.7 Å². The lowest BCUT2D eigenvalue weighted by atomic mass is 9.71. The maximum atomic E-state index is 5.83. The van der Waals surface area contributed by atoms with Crippen molar-refractivity contribution in [3.63, 3.8) is 0 Å². The third-order valence-corrected chi connectivity index (χ3v) is 5.06. The summed E-state index contributed by atoms with van der Waals surface area (Å²) in [7, 11) is 0. The number of ether oxygens (including phenoxy) is 1. The first-order valence-electron chi connectivity index (χ1n) is 8.90. The minimum absolute atomic E-state index is 0.146. The highest BCUT2D eigenvalue weighted by atomic mass is 16.5. The average molecular weight is 332 g/mol. The van der Waals surface area contributed by atoms with E-state index in [0.29, 0.717) is 6.61 Å². The van der Waals surface area contributed by atoms with E-state index in [1.807, 2.05) is 0 Å². The summed E-state index contributed by atoms with van der Waals surface area (Å²) in [6, 6.07) is 21.5. The first kappa shape index (κ1) is 15.9. The van der Waals surface area contributed by atoms with E-state index in [9.17, 15) is 0 Å². The quantitative estimate of drug-likeness (QED) is 0.920. The fourth-order valence-electron chi connectivity index (χ4n) is 3.87. The van der Waals surface area contributed by atoms with E-state index in [1.165, 1.54) is 16.8 Å². The zero-order valence-corrected chi connectivity index (χ0v) is 14.8. The molecule has 1 N–H and O–H groups in total. The van der Waals surface area contributed by atoms with Crippen LogP contribution >= 0.6 is 0 Å². The van der Waals surface area contributed by atoms with Crippen LogP contribution in [-0.4, -0.2) is 24.6 Å². The number of aliphatic imine (C=N–C) groups is 1. The Morgan fingerprint density at radius 3 is 2.08 bits per heavy atom. The van der Waals surface area contributed by atoms with Crippen LogP contribution < -0.4 is 5.32 Å². The van der Waals surface area contributed by atoms with Crippen LogP contribution in [-0.2, 0) is 10.2 Å². The van der Waals surface area contributed by atoms with E-state index in [2.05, 4.69) is 85.9 Å². The molecular formula is C22H24N2O. The van der Waals surface area contributed by atoms with Gasteiger partial charge in [-0.25, -0.2) is 4.99 Å². The fraction of sp³-hybridized carbons (Fsp3) is 0.318. The molecule has 0 amide bonds. The minimum atomic E-state index is -0.179. The maximum absolute atomic E-state index is 5.83. The van der Waals surface area contributed by atoms with E-state index in [0.717, 1.165) is 18.9 Å². The van der Waals surface area contributed by atoms with E-state index in [-0.39, 0.29) is 11.0 Å². The summed E-state index contributed by atoms with van der Waals surface area (Å²) < 4.78 is 5.83. The van der Waals surface area contributed by atoms with Gasteiger partial charge in [-0.3, -0.25) is 0 Å². The van der Waals surface area contributed by atoms with Crippen molar-refractivity contribution in [2.75, 3.05) is 13.2 Å². The monoisotopic (exact) mass is 332 g/mol. The largest absolute Gasteiger partial charge is 0.475 e. The molecule has 0 unspecified atom stereocenters. The lowest BCUT2D eigenvalue weighted by Crippen LogP contribution is -2.29. The van der Waals surface area contributed by atoms with Crippen molar-refractivity contribution in [2.45, 2.75) is 31.2 Å². The molecule has 0 spiro atoms. The summed E-state index contributed by atoms with van der Waals surface area (Å²) in [6.45, 7) is 5.77. The van der Waals surface area contributed by atoms with Crippen molar-refractivity contribution in [3.8, 4) is 0 Å². The normalized spacial score (nSPS) is 22.3. The van der Waals surface area contributed by atoms with Gasteiger partial charge in [0.2, 0.25) is 5.90 Å². The van der Waals surface area contributed by atoms with Gasteiger partial charge in [0.05, 0.1) is 11.0 Å². The van der Waals surface area contributed by atoms with Gasteiger partial charge in [-0.05, 0) is 31.4 Å². The van der Waals surface area contributed by atoms with Crippen LogP contribution in [0.2, 0.25) is 0 Å². The summed E-state index contributed by atoms with van der Waals surface area (Å²) in [5.74, 6) is 0.727. The second kappa shape index (κ2) is 6.07. The Hall–Kier alpha value is -2.55. The van der Waals surface area contributed by atoms with E-state index >= 15 is 0 Å². The van der Waals surface area contributed by atoms with E-state index < -0.39 is 0 Å². The molecule has 0 aromatic heterocycles. The van der Waals surface area contributed by atoms with Gasteiger partial charge in [-0.2, -0.15) is 0 Å². The van der Waals surface area contributed by atoms with E-state index in [4.69, 9.17) is 9.73 Å². The summed E-state index contributed by atoms with van der Waals surface area (Å²) in [4.78, 5) is 4.71. The number of rotatable bonds is 3. The smallest absolute Gasteiger partial charge is 0.211 e. The topological polar surface area (TPSA) is 33.6 Å². The second-order valence-corrected chi connectivity index (χ2v) is 7.42. The molecule has 128 valence electrons. The van der Waals surface area contributed by atoms with Crippen molar-refractivity contribution in [2.24, 2.45) is 4.99 Å². The number of benzene rings is 2. The maximum Gasteiger partial charge on any atom is 0.211 e. The third kappa shape index (κ3) is 2.84. The molecule has 0 bridgehead atoms. The van der Waals surface area contributed by atoms with Gasteiger partial charge in [0.1, 0.15) is 6.61 Å². The lowest BCUT2D eigenvalue weighted by Gasteiger charge is -2.31. The van der Waals surface area contributed by atoms with Gasteiger partial charge < -0.3 is 10.1 Å². The minimum Gasteiger partial charge on any atom is -0.475 e. The fourth-order valence-corrected chi connectivity index (χ4v) is 3.87. The van der Waals surface area contributed by atoms with Crippen molar-refractivity contribution in [1.29, 1.82) is 0 Å². The number of allylic oxidation sites excluding steroid dienone is 1. The molecule has 1 saturated heterocycles. The van der Waals surface area contributed by atoms with Gasteiger partial charge in [-0.15, -0.1) is 0 Å². The Kier molecular flexibility index (Phi) is 3.87. The van der Waals surface area contributed by atoms with Gasteiger partial charge >= 0.3 is 0 Å². The van der Waals surface area contributed by atoms with Crippen LogP contribution in [0.3, 0.4) is 0 Å². The van der Waals surface area contributed by atoms with Crippen molar-refractivity contribution in [3.05, 3.63) is 83.6 Å². The first-order valence-corrected chi connectivity index (χ1v) is 8.90. The van der Waals surface area contributed by atoms with Crippen LogP contribution in [0.15, 0.2) is 77.4 Å². The number of nitrogens with one attached hydrogen (secondary N) is 1. The zero-order chi connectivity index (χ0) is 17.3. The Labute approximate surface area is 149 Å². The predicted octanol–water partition coefficient (Wildman–Crippen LogP) is 4.06. The Morgan fingerprint density at radius 1 is 0.960 bits per heavy atom. The summed E-state index contributed by atoms with van der Waals surface area (Å²) in [5.41, 5.74) is 3.45. The SMILES string of the molecule is CC1(C)COC(/C=C2\NCCC2(c2ccccc2)c2ccccc2)=N1. The second-order valence-electron chi connectivity index (χ2n) is 7.42. The Balaban J connectivity index is 1.86. The van der Waals surface area contributed by atoms with Crippen LogP contribution in [0.5, 0.6) is 0 Å². The molecule has 4 rings (SSSR count). The highest BCUT2D eigenvalue weighted by molar-refractivity contribution is 5.90. The summed E-state index contributed by atoms with van der Waals surface area (Å²) >= 11 is 0. The van der Waals surface area contributed by atoms with Crippen LogP contribution in [0, 0.1) is 0 Å². The Bertz CT molecular complexity index is 767. The molecule has 2 heterocycles. The zero-order valence-electron chi connectivity index (χ0n) is 14.8. The van der Waals surface area contributed by atoms with Gasteiger partial charge in [0.25, 0.3) is 0 Å². The predicted molar refractivity (Wildman–Crippen MR) is 102 cm³/mol. The molecule has 0 atom stereocenters. The third-order valence-electron chi connectivity index (χ3n) is 5.06. The van der Waals surface area contributed by atoms with Crippen LogP contribution in [0.4, 0.5) is 0 Å². The molecule has 0 aliphatic carbocycles. The highest BCUT2D eigenvalue weighted by Crippen LogP contribution is 2.44.